The highest BCUT2D eigenvalue weighted by Gasteiger charge is 2.29. The molecule has 0 aromatic carbocycles. The molecule has 7 heteroatoms. The molecule has 2 aliphatic rings. The molecule has 0 spiro atoms. The lowest BCUT2D eigenvalue weighted by Crippen LogP contribution is -2.41. The van der Waals surface area contributed by atoms with Crippen molar-refractivity contribution >= 4 is 5.91 Å². The molecule has 1 aromatic rings. The molecule has 140 valence electrons. The average molecular weight is 349 g/mol. The summed E-state index contributed by atoms with van der Waals surface area (Å²) >= 11 is 0. The first-order valence-electron chi connectivity index (χ1n) is 9.60. The Kier molecular flexibility index (Phi) is 6.06. The Labute approximate surface area is 149 Å². The Morgan fingerprint density at radius 2 is 2.12 bits per heavy atom. The summed E-state index contributed by atoms with van der Waals surface area (Å²) in [5.74, 6) is 0.716. The van der Waals surface area contributed by atoms with Crippen LogP contribution in [-0.2, 0) is 4.74 Å². The van der Waals surface area contributed by atoms with Gasteiger partial charge in [-0.05, 0) is 51.6 Å². The molecule has 0 radical (unpaired) electrons. The molecule has 3 rings (SSSR count). The van der Waals surface area contributed by atoms with E-state index in [-0.39, 0.29) is 12.0 Å². The third-order valence-electron chi connectivity index (χ3n) is 5.47. The van der Waals surface area contributed by atoms with Crippen molar-refractivity contribution in [2.24, 2.45) is 11.8 Å². The van der Waals surface area contributed by atoms with Crippen LogP contribution >= 0.6 is 0 Å². The number of ether oxygens (including phenoxy) is 1. The third kappa shape index (κ3) is 4.20. The van der Waals surface area contributed by atoms with Gasteiger partial charge in [-0.15, -0.1) is 5.10 Å². The third-order valence-corrected chi connectivity index (χ3v) is 5.47. The summed E-state index contributed by atoms with van der Waals surface area (Å²) in [6.45, 7) is 9.75. The van der Waals surface area contributed by atoms with Crippen LogP contribution in [0.4, 0.5) is 0 Å². The summed E-state index contributed by atoms with van der Waals surface area (Å²) in [5, 5.41) is 14.8. The monoisotopic (exact) mass is 349 g/mol. The topological polar surface area (TPSA) is 81.1 Å². The van der Waals surface area contributed by atoms with Crippen molar-refractivity contribution in [2.75, 3.05) is 26.2 Å². The van der Waals surface area contributed by atoms with Gasteiger partial charge in [-0.25, -0.2) is 4.68 Å². The first-order valence-corrected chi connectivity index (χ1v) is 9.60. The van der Waals surface area contributed by atoms with Gasteiger partial charge in [0.05, 0.1) is 17.8 Å². The van der Waals surface area contributed by atoms with Gasteiger partial charge >= 0.3 is 0 Å². The molecule has 7 nitrogen and oxygen atoms in total. The molecule has 0 unspecified atom stereocenters. The van der Waals surface area contributed by atoms with Crippen molar-refractivity contribution in [3.05, 3.63) is 11.4 Å². The predicted molar refractivity (Wildman–Crippen MR) is 95.5 cm³/mol. The zero-order valence-corrected chi connectivity index (χ0v) is 15.6. The molecule has 2 aliphatic heterocycles. The van der Waals surface area contributed by atoms with Gasteiger partial charge < -0.3 is 15.4 Å². The first kappa shape index (κ1) is 18.3. The summed E-state index contributed by atoms with van der Waals surface area (Å²) in [4.78, 5) is 12.6. The zero-order chi connectivity index (χ0) is 17.8. The summed E-state index contributed by atoms with van der Waals surface area (Å²) in [5.41, 5.74) is 1.32. The molecular formula is C18H31N5O2. The van der Waals surface area contributed by atoms with E-state index in [0.29, 0.717) is 30.1 Å². The Balaban J connectivity index is 1.60. The van der Waals surface area contributed by atoms with Crippen LogP contribution < -0.4 is 10.6 Å². The number of hydrogen-bond donors (Lipinski definition) is 2. The lowest BCUT2D eigenvalue weighted by molar-refractivity contribution is -0.0510. The Morgan fingerprint density at radius 1 is 1.36 bits per heavy atom. The maximum Gasteiger partial charge on any atom is 0.273 e. The molecule has 1 aromatic heterocycles. The van der Waals surface area contributed by atoms with Gasteiger partial charge in [-0.1, -0.05) is 19.1 Å². The Bertz CT molecular complexity index is 580. The second kappa shape index (κ2) is 8.27. The van der Waals surface area contributed by atoms with E-state index in [1.54, 1.807) is 0 Å². The Hall–Kier alpha value is -1.47. The lowest BCUT2D eigenvalue weighted by atomic mass is 9.87. The zero-order valence-electron chi connectivity index (χ0n) is 15.6. The van der Waals surface area contributed by atoms with E-state index in [1.165, 1.54) is 0 Å². The molecule has 1 amide bonds. The van der Waals surface area contributed by atoms with Crippen LogP contribution in [0.1, 0.15) is 61.8 Å². The van der Waals surface area contributed by atoms with Gasteiger partial charge in [-0.2, -0.15) is 0 Å². The highest BCUT2D eigenvalue weighted by molar-refractivity contribution is 5.93. The maximum absolute atomic E-state index is 12.6. The number of rotatable bonds is 5. The summed E-state index contributed by atoms with van der Waals surface area (Å²) in [6, 6.07) is 0.340. The quantitative estimate of drug-likeness (QED) is 0.845. The van der Waals surface area contributed by atoms with Gasteiger partial charge in [0.2, 0.25) is 0 Å². The van der Waals surface area contributed by atoms with Gasteiger partial charge in [0.1, 0.15) is 0 Å². The molecule has 2 atom stereocenters. The van der Waals surface area contributed by atoms with Crippen molar-refractivity contribution in [2.45, 2.75) is 58.6 Å². The fourth-order valence-electron chi connectivity index (χ4n) is 4.08. The van der Waals surface area contributed by atoms with Crippen LogP contribution in [0.2, 0.25) is 0 Å². The van der Waals surface area contributed by atoms with Gasteiger partial charge in [-0.3, -0.25) is 4.79 Å². The van der Waals surface area contributed by atoms with E-state index >= 15 is 0 Å². The van der Waals surface area contributed by atoms with Crippen LogP contribution in [0.15, 0.2) is 0 Å². The lowest BCUT2D eigenvalue weighted by Gasteiger charge is -2.34. The minimum absolute atomic E-state index is 0.120. The minimum Gasteiger partial charge on any atom is -0.378 e. The highest BCUT2D eigenvalue weighted by Crippen LogP contribution is 2.26. The SMILES string of the molecule is Cc1c(C(=O)NC[C@@H]2CCCO[C@H]2C(C)C)nnn1C1CCNCC1. The number of carbonyl (C=O) groups excluding carboxylic acids is 1. The molecule has 3 heterocycles. The van der Waals surface area contributed by atoms with Crippen molar-refractivity contribution in [3.8, 4) is 0 Å². The molecule has 2 N–H and O–H groups in total. The molecule has 0 saturated carbocycles. The van der Waals surface area contributed by atoms with Gasteiger partial charge in [0, 0.05) is 19.1 Å². The first-order chi connectivity index (χ1) is 12.1. The van der Waals surface area contributed by atoms with Crippen molar-refractivity contribution < 1.29 is 9.53 Å². The highest BCUT2D eigenvalue weighted by atomic mass is 16.5. The van der Waals surface area contributed by atoms with E-state index in [2.05, 4.69) is 34.8 Å². The van der Waals surface area contributed by atoms with E-state index < -0.39 is 0 Å². The fourth-order valence-corrected chi connectivity index (χ4v) is 4.08. The molecule has 25 heavy (non-hydrogen) atoms. The predicted octanol–water partition coefficient (Wildman–Crippen LogP) is 1.69. The van der Waals surface area contributed by atoms with Crippen molar-refractivity contribution in [3.63, 3.8) is 0 Å². The van der Waals surface area contributed by atoms with E-state index in [0.717, 1.165) is 51.1 Å². The summed E-state index contributed by atoms with van der Waals surface area (Å²) in [7, 11) is 0. The number of carbonyl (C=O) groups is 1. The molecule has 2 fully saturated rings. The maximum atomic E-state index is 12.6. The van der Waals surface area contributed by atoms with Gasteiger partial charge in [0.25, 0.3) is 5.91 Å². The van der Waals surface area contributed by atoms with Crippen molar-refractivity contribution in [1.29, 1.82) is 0 Å². The number of hydrogen-bond acceptors (Lipinski definition) is 5. The van der Waals surface area contributed by atoms with Gasteiger partial charge in [0.15, 0.2) is 5.69 Å². The number of piperidine rings is 1. The number of amides is 1. The van der Waals surface area contributed by atoms with Crippen LogP contribution in [0, 0.1) is 18.8 Å². The fraction of sp³-hybridized carbons (Fsp3) is 0.833. The van der Waals surface area contributed by atoms with Crippen LogP contribution in [0.25, 0.3) is 0 Å². The van der Waals surface area contributed by atoms with Crippen LogP contribution in [0.5, 0.6) is 0 Å². The van der Waals surface area contributed by atoms with E-state index in [9.17, 15) is 4.79 Å². The average Bonchev–Trinajstić information content (AvgIpc) is 3.02. The summed E-state index contributed by atoms with van der Waals surface area (Å²) < 4.78 is 7.83. The number of nitrogens with one attached hydrogen (secondary N) is 2. The van der Waals surface area contributed by atoms with Crippen molar-refractivity contribution in [1.82, 2.24) is 25.6 Å². The standard InChI is InChI=1S/C18H31N5O2/c1-12(2)17-14(5-4-10-25-17)11-20-18(24)16-13(3)23(22-21-16)15-6-8-19-9-7-15/h12,14-15,17,19H,4-11H2,1-3H3,(H,20,24)/t14-,17-/m0/s1. The largest absolute Gasteiger partial charge is 0.378 e. The Morgan fingerprint density at radius 3 is 2.84 bits per heavy atom. The normalized spacial score (nSPS) is 25.3. The number of nitrogens with zero attached hydrogens (tertiary/aromatic N) is 3. The van der Waals surface area contributed by atoms with E-state index in [4.69, 9.17) is 4.74 Å². The molecule has 0 bridgehead atoms. The molecule has 0 aliphatic carbocycles. The second-order valence-electron chi connectivity index (χ2n) is 7.64. The molecule has 2 saturated heterocycles. The minimum atomic E-state index is -0.120. The second-order valence-corrected chi connectivity index (χ2v) is 7.64. The van der Waals surface area contributed by atoms with E-state index in [1.807, 2.05) is 11.6 Å². The van der Waals surface area contributed by atoms with Crippen LogP contribution in [-0.4, -0.2) is 53.2 Å². The smallest absolute Gasteiger partial charge is 0.273 e. The number of aromatic nitrogens is 3. The molecular weight excluding hydrogens is 318 g/mol. The summed E-state index contributed by atoms with van der Waals surface area (Å²) in [6.07, 6.45) is 4.45. The van der Waals surface area contributed by atoms with Crippen LogP contribution in [0.3, 0.4) is 0 Å².